The zero-order valence-electron chi connectivity index (χ0n) is 9.56. The van der Waals surface area contributed by atoms with E-state index >= 15 is 0 Å². The average Bonchev–Trinajstić information content (AvgIpc) is 2.38. The Morgan fingerprint density at radius 1 is 1.22 bits per heavy atom. The molecule has 18 heavy (non-hydrogen) atoms. The van der Waals surface area contributed by atoms with Crippen molar-refractivity contribution in [3.05, 3.63) is 58.2 Å². The lowest BCUT2D eigenvalue weighted by atomic mass is 10.1. The van der Waals surface area contributed by atoms with E-state index in [9.17, 15) is 4.79 Å². The molecular formula is C13H12BrN3O. The van der Waals surface area contributed by atoms with E-state index in [4.69, 9.17) is 5.73 Å². The van der Waals surface area contributed by atoms with Crippen LogP contribution >= 0.6 is 15.9 Å². The van der Waals surface area contributed by atoms with E-state index in [2.05, 4.69) is 26.2 Å². The lowest BCUT2D eigenvalue weighted by Gasteiger charge is -2.06. The quantitative estimate of drug-likeness (QED) is 0.912. The van der Waals surface area contributed by atoms with Gasteiger partial charge in [-0.3, -0.25) is 4.79 Å². The zero-order valence-corrected chi connectivity index (χ0v) is 11.1. The molecule has 0 fully saturated rings. The molecule has 1 amide bonds. The molecule has 0 aliphatic rings. The standard InChI is InChI=1S/C13H12BrN3O/c14-11-5-6-12(17-8-11)16-7-9-1-3-10(4-2-9)13(15)18/h1-6,8H,7H2,(H2,15,18)(H,16,17). The van der Waals surface area contributed by atoms with Crippen molar-refractivity contribution < 1.29 is 4.79 Å². The summed E-state index contributed by atoms with van der Waals surface area (Å²) < 4.78 is 0.943. The maximum atomic E-state index is 10.9. The van der Waals surface area contributed by atoms with Crippen molar-refractivity contribution in [3.8, 4) is 0 Å². The smallest absolute Gasteiger partial charge is 0.248 e. The van der Waals surface area contributed by atoms with Crippen molar-refractivity contribution in [2.45, 2.75) is 6.54 Å². The Kier molecular flexibility index (Phi) is 3.94. The number of nitrogens with zero attached hydrogens (tertiary/aromatic N) is 1. The van der Waals surface area contributed by atoms with Gasteiger partial charge in [0.1, 0.15) is 5.82 Å². The minimum atomic E-state index is -0.413. The van der Waals surface area contributed by atoms with Crippen LogP contribution < -0.4 is 11.1 Å². The summed E-state index contributed by atoms with van der Waals surface area (Å²) in [7, 11) is 0. The summed E-state index contributed by atoms with van der Waals surface area (Å²) in [6.07, 6.45) is 1.73. The van der Waals surface area contributed by atoms with Crippen molar-refractivity contribution >= 4 is 27.7 Å². The van der Waals surface area contributed by atoms with Gasteiger partial charge in [-0.05, 0) is 45.8 Å². The van der Waals surface area contributed by atoms with E-state index < -0.39 is 5.91 Å². The fraction of sp³-hybridized carbons (Fsp3) is 0.0769. The topological polar surface area (TPSA) is 68.0 Å². The van der Waals surface area contributed by atoms with Gasteiger partial charge in [0, 0.05) is 22.8 Å². The number of nitrogens with two attached hydrogens (primary N) is 1. The van der Waals surface area contributed by atoms with Gasteiger partial charge in [0.2, 0.25) is 5.91 Å². The molecule has 0 radical (unpaired) electrons. The molecule has 5 heteroatoms. The number of anilines is 1. The molecule has 1 heterocycles. The monoisotopic (exact) mass is 305 g/mol. The fourth-order valence-electron chi connectivity index (χ4n) is 1.46. The van der Waals surface area contributed by atoms with E-state index in [1.165, 1.54) is 0 Å². The second kappa shape index (κ2) is 5.64. The highest BCUT2D eigenvalue weighted by Gasteiger charge is 2.00. The van der Waals surface area contributed by atoms with Crippen molar-refractivity contribution in [1.82, 2.24) is 4.98 Å². The highest BCUT2D eigenvalue weighted by molar-refractivity contribution is 9.10. The first-order chi connectivity index (χ1) is 8.65. The highest BCUT2D eigenvalue weighted by Crippen LogP contribution is 2.12. The largest absolute Gasteiger partial charge is 0.366 e. The number of nitrogens with one attached hydrogen (secondary N) is 1. The first kappa shape index (κ1) is 12.6. The minimum Gasteiger partial charge on any atom is -0.366 e. The van der Waals surface area contributed by atoms with Crippen LogP contribution in [-0.4, -0.2) is 10.9 Å². The summed E-state index contributed by atoms with van der Waals surface area (Å²) in [6, 6.07) is 11.0. The summed E-state index contributed by atoms with van der Waals surface area (Å²) in [5, 5.41) is 3.19. The fourth-order valence-corrected chi connectivity index (χ4v) is 1.69. The second-order valence-electron chi connectivity index (χ2n) is 3.78. The lowest BCUT2D eigenvalue weighted by molar-refractivity contribution is 0.100. The number of primary amides is 1. The third-order valence-corrected chi connectivity index (χ3v) is 2.91. The van der Waals surface area contributed by atoms with Crippen LogP contribution in [0.5, 0.6) is 0 Å². The van der Waals surface area contributed by atoms with E-state index in [1.54, 1.807) is 18.3 Å². The Morgan fingerprint density at radius 2 is 1.94 bits per heavy atom. The molecular weight excluding hydrogens is 294 g/mol. The zero-order chi connectivity index (χ0) is 13.0. The molecule has 0 aliphatic carbocycles. The molecule has 0 bridgehead atoms. The minimum absolute atomic E-state index is 0.413. The summed E-state index contributed by atoms with van der Waals surface area (Å²) in [5.74, 6) is 0.390. The SMILES string of the molecule is NC(=O)c1ccc(CNc2ccc(Br)cn2)cc1. The van der Waals surface area contributed by atoms with Gasteiger partial charge in [-0.1, -0.05) is 12.1 Å². The first-order valence-corrected chi connectivity index (χ1v) is 6.18. The molecule has 1 aromatic carbocycles. The predicted octanol–water partition coefficient (Wildman–Crippen LogP) is 2.56. The number of hydrogen-bond donors (Lipinski definition) is 2. The van der Waals surface area contributed by atoms with Crippen LogP contribution in [0.2, 0.25) is 0 Å². The van der Waals surface area contributed by atoms with E-state index in [0.29, 0.717) is 12.1 Å². The number of carbonyl (C=O) groups excluding carboxylic acids is 1. The molecule has 4 nitrogen and oxygen atoms in total. The molecule has 92 valence electrons. The number of benzene rings is 1. The van der Waals surface area contributed by atoms with Crippen molar-refractivity contribution in [3.63, 3.8) is 0 Å². The van der Waals surface area contributed by atoms with Gasteiger partial charge in [-0.2, -0.15) is 0 Å². The number of hydrogen-bond acceptors (Lipinski definition) is 3. The number of amides is 1. The van der Waals surface area contributed by atoms with Crippen LogP contribution in [0.4, 0.5) is 5.82 Å². The van der Waals surface area contributed by atoms with E-state index in [1.807, 2.05) is 24.3 Å². The molecule has 0 atom stereocenters. The van der Waals surface area contributed by atoms with E-state index in [0.717, 1.165) is 15.9 Å². The summed E-state index contributed by atoms with van der Waals surface area (Å²) in [5.41, 5.74) is 6.75. The normalized spacial score (nSPS) is 10.1. The molecule has 2 aromatic rings. The number of aromatic nitrogens is 1. The van der Waals surface area contributed by atoms with E-state index in [-0.39, 0.29) is 0 Å². The molecule has 3 N–H and O–H groups in total. The van der Waals surface area contributed by atoms with Crippen LogP contribution in [0.3, 0.4) is 0 Å². The van der Waals surface area contributed by atoms with Gasteiger partial charge in [-0.15, -0.1) is 0 Å². The summed E-state index contributed by atoms with van der Waals surface area (Å²) in [4.78, 5) is 15.1. The third-order valence-electron chi connectivity index (χ3n) is 2.44. The van der Waals surface area contributed by atoms with Crippen molar-refractivity contribution in [1.29, 1.82) is 0 Å². The van der Waals surface area contributed by atoms with Crippen molar-refractivity contribution in [2.75, 3.05) is 5.32 Å². The van der Waals surface area contributed by atoms with Crippen LogP contribution in [0.25, 0.3) is 0 Å². The Balaban J connectivity index is 1.97. The molecule has 0 saturated heterocycles. The van der Waals surface area contributed by atoms with Crippen LogP contribution in [-0.2, 0) is 6.54 Å². The van der Waals surface area contributed by atoms with Gasteiger partial charge in [0.15, 0.2) is 0 Å². The Labute approximate surface area is 113 Å². The lowest BCUT2D eigenvalue weighted by Crippen LogP contribution is -2.10. The molecule has 0 spiro atoms. The molecule has 0 aliphatic heterocycles. The number of halogens is 1. The Bertz CT molecular complexity index is 537. The van der Waals surface area contributed by atoms with Gasteiger partial charge < -0.3 is 11.1 Å². The van der Waals surface area contributed by atoms with Crippen LogP contribution in [0, 0.1) is 0 Å². The van der Waals surface area contributed by atoms with Gasteiger partial charge in [-0.25, -0.2) is 4.98 Å². The van der Waals surface area contributed by atoms with Crippen LogP contribution in [0.15, 0.2) is 47.1 Å². The second-order valence-corrected chi connectivity index (χ2v) is 4.69. The molecule has 1 aromatic heterocycles. The predicted molar refractivity (Wildman–Crippen MR) is 74.2 cm³/mol. The van der Waals surface area contributed by atoms with Gasteiger partial charge >= 0.3 is 0 Å². The summed E-state index contributed by atoms with van der Waals surface area (Å²) >= 11 is 3.33. The highest BCUT2D eigenvalue weighted by atomic mass is 79.9. The van der Waals surface area contributed by atoms with Crippen LogP contribution in [0.1, 0.15) is 15.9 Å². The maximum absolute atomic E-state index is 10.9. The third kappa shape index (κ3) is 3.30. The number of carbonyl (C=O) groups is 1. The first-order valence-electron chi connectivity index (χ1n) is 5.39. The molecule has 2 rings (SSSR count). The average molecular weight is 306 g/mol. The Hall–Kier alpha value is -1.88. The number of pyridine rings is 1. The Morgan fingerprint density at radius 3 is 2.50 bits per heavy atom. The summed E-state index contributed by atoms with van der Waals surface area (Å²) in [6.45, 7) is 0.647. The van der Waals surface area contributed by atoms with Gasteiger partial charge in [0.25, 0.3) is 0 Å². The molecule has 0 unspecified atom stereocenters. The van der Waals surface area contributed by atoms with Crippen molar-refractivity contribution in [2.24, 2.45) is 5.73 Å². The molecule has 0 saturated carbocycles. The maximum Gasteiger partial charge on any atom is 0.248 e. The van der Waals surface area contributed by atoms with Gasteiger partial charge in [0.05, 0.1) is 0 Å². The number of rotatable bonds is 4.